The van der Waals surface area contributed by atoms with Gasteiger partial charge in [0.2, 0.25) is 0 Å². The Morgan fingerprint density at radius 1 is 1.21 bits per heavy atom. The number of urea groups is 1. The van der Waals surface area contributed by atoms with E-state index in [4.69, 9.17) is 4.74 Å². The molecule has 0 spiro atoms. The van der Waals surface area contributed by atoms with E-state index in [1.54, 1.807) is 13.4 Å². The van der Waals surface area contributed by atoms with Crippen molar-refractivity contribution in [1.29, 1.82) is 0 Å². The van der Waals surface area contributed by atoms with Gasteiger partial charge in [0, 0.05) is 18.3 Å². The lowest BCUT2D eigenvalue weighted by atomic mass is 10.1. The zero-order valence-electron chi connectivity index (χ0n) is 14.0. The van der Waals surface area contributed by atoms with Crippen LogP contribution in [-0.2, 0) is 13.6 Å². The minimum absolute atomic E-state index is 0.264. The Balaban J connectivity index is 1.76. The molecule has 3 rings (SSSR count). The molecule has 0 unspecified atom stereocenters. The molecule has 2 amide bonds. The van der Waals surface area contributed by atoms with Crippen molar-refractivity contribution < 1.29 is 9.53 Å². The van der Waals surface area contributed by atoms with Gasteiger partial charge in [-0.3, -0.25) is 0 Å². The summed E-state index contributed by atoms with van der Waals surface area (Å²) in [5.74, 6) is 0.724. The summed E-state index contributed by atoms with van der Waals surface area (Å²) in [6, 6.07) is 11.2. The number of aryl methyl sites for hydroxylation is 2. The van der Waals surface area contributed by atoms with Gasteiger partial charge in [-0.25, -0.2) is 9.78 Å². The maximum absolute atomic E-state index is 12.1. The summed E-state index contributed by atoms with van der Waals surface area (Å²) in [7, 11) is 3.54. The van der Waals surface area contributed by atoms with Crippen LogP contribution in [0.3, 0.4) is 0 Å². The standard InChI is InChI=1S/C18H20N4O2/c1-12-4-6-13(7-5-12)21-18(23)19-10-14-16(24-3)9-8-15-17(14)22(2)11-20-15/h4-9,11H,10H2,1-3H3,(H2,19,21,23). The molecule has 0 aliphatic rings. The molecule has 0 saturated carbocycles. The first-order chi connectivity index (χ1) is 11.6. The van der Waals surface area contributed by atoms with Gasteiger partial charge in [-0.2, -0.15) is 0 Å². The zero-order valence-corrected chi connectivity index (χ0v) is 14.0. The molecule has 2 aromatic carbocycles. The van der Waals surface area contributed by atoms with Crippen LogP contribution in [0.15, 0.2) is 42.7 Å². The van der Waals surface area contributed by atoms with Crippen molar-refractivity contribution in [3.8, 4) is 5.75 Å². The first kappa shape index (κ1) is 15.9. The molecule has 1 aromatic heterocycles. The molecular weight excluding hydrogens is 304 g/mol. The summed E-state index contributed by atoms with van der Waals surface area (Å²) < 4.78 is 7.35. The third kappa shape index (κ3) is 3.17. The Morgan fingerprint density at radius 2 is 1.96 bits per heavy atom. The van der Waals surface area contributed by atoms with Gasteiger partial charge in [0.15, 0.2) is 0 Å². The topological polar surface area (TPSA) is 68.2 Å². The number of benzene rings is 2. The lowest BCUT2D eigenvalue weighted by Gasteiger charge is -2.13. The summed E-state index contributed by atoms with van der Waals surface area (Å²) >= 11 is 0. The fraction of sp³-hybridized carbons (Fsp3) is 0.222. The van der Waals surface area contributed by atoms with Gasteiger partial charge < -0.3 is 19.9 Å². The minimum Gasteiger partial charge on any atom is -0.496 e. The monoisotopic (exact) mass is 324 g/mol. The Hall–Kier alpha value is -3.02. The molecule has 0 aliphatic carbocycles. The molecule has 0 radical (unpaired) electrons. The second-order valence-electron chi connectivity index (χ2n) is 5.64. The highest BCUT2D eigenvalue weighted by Crippen LogP contribution is 2.27. The van der Waals surface area contributed by atoms with Crippen LogP contribution in [0.5, 0.6) is 5.75 Å². The van der Waals surface area contributed by atoms with Crippen LogP contribution < -0.4 is 15.4 Å². The number of methoxy groups -OCH3 is 1. The maximum atomic E-state index is 12.1. The number of hydrogen-bond acceptors (Lipinski definition) is 3. The van der Waals surface area contributed by atoms with Crippen LogP contribution in [0.1, 0.15) is 11.1 Å². The van der Waals surface area contributed by atoms with Gasteiger partial charge in [-0.05, 0) is 31.2 Å². The van der Waals surface area contributed by atoms with Gasteiger partial charge >= 0.3 is 6.03 Å². The number of fused-ring (bicyclic) bond motifs is 1. The lowest BCUT2D eigenvalue weighted by Crippen LogP contribution is -2.28. The van der Waals surface area contributed by atoms with Gasteiger partial charge in [0.25, 0.3) is 0 Å². The van der Waals surface area contributed by atoms with Crippen molar-refractivity contribution in [2.24, 2.45) is 7.05 Å². The molecule has 24 heavy (non-hydrogen) atoms. The first-order valence-corrected chi connectivity index (χ1v) is 7.67. The van der Waals surface area contributed by atoms with E-state index in [2.05, 4.69) is 15.6 Å². The quantitative estimate of drug-likeness (QED) is 0.774. The van der Waals surface area contributed by atoms with Crippen LogP contribution in [0.4, 0.5) is 10.5 Å². The Bertz CT molecular complexity index is 869. The molecule has 6 nitrogen and oxygen atoms in total. The van der Waals surface area contributed by atoms with Crippen molar-refractivity contribution in [1.82, 2.24) is 14.9 Å². The van der Waals surface area contributed by atoms with Gasteiger partial charge in [-0.1, -0.05) is 17.7 Å². The minimum atomic E-state index is -0.264. The van der Waals surface area contributed by atoms with E-state index in [-0.39, 0.29) is 6.03 Å². The number of amides is 2. The molecular formula is C18H20N4O2. The van der Waals surface area contributed by atoms with E-state index in [0.29, 0.717) is 6.54 Å². The molecule has 0 fully saturated rings. The number of hydrogen-bond donors (Lipinski definition) is 2. The fourth-order valence-electron chi connectivity index (χ4n) is 2.65. The molecule has 0 bridgehead atoms. The second-order valence-corrected chi connectivity index (χ2v) is 5.64. The van der Waals surface area contributed by atoms with E-state index in [0.717, 1.165) is 33.6 Å². The summed E-state index contributed by atoms with van der Waals surface area (Å²) in [6.45, 7) is 2.35. The lowest BCUT2D eigenvalue weighted by molar-refractivity contribution is 0.251. The van der Waals surface area contributed by atoms with Crippen molar-refractivity contribution in [3.63, 3.8) is 0 Å². The highest BCUT2D eigenvalue weighted by Gasteiger charge is 2.13. The Labute approximate surface area is 140 Å². The van der Waals surface area contributed by atoms with Gasteiger partial charge in [0.05, 0.1) is 31.0 Å². The number of nitrogens with zero attached hydrogens (tertiary/aromatic N) is 2. The molecule has 0 atom stereocenters. The number of carbonyl (C=O) groups is 1. The van der Waals surface area contributed by atoms with E-state index in [1.165, 1.54) is 0 Å². The van der Waals surface area contributed by atoms with E-state index < -0.39 is 0 Å². The largest absolute Gasteiger partial charge is 0.496 e. The molecule has 0 saturated heterocycles. The van der Waals surface area contributed by atoms with Crippen LogP contribution in [-0.4, -0.2) is 22.7 Å². The van der Waals surface area contributed by atoms with Crippen molar-refractivity contribution in [3.05, 3.63) is 53.9 Å². The third-order valence-electron chi connectivity index (χ3n) is 3.90. The molecule has 0 aliphatic heterocycles. The smallest absolute Gasteiger partial charge is 0.319 e. The Kier molecular flexibility index (Phi) is 4.37. The molecule has 124 valence electrons. The predicted molar refractivity (Wildman–Crippen MR) is 94.3 cm³/mol. The fourth-order valence-corrected chi connectivity index (χ4v) is 2.65. The van der Waals surface area contributed by atoms with Crippen molar-refractivity contribution in [2.75, 3.05) is 12.4 Å². The van der Waals surface area contributed by atoms with Gasteiger partial charge in [-0.15, -0.1) is 0 Å². The number of ether oxygens (including phenoxy) is 1. The number of imidazole rings is 1. The van der Waals surface area contributed by atoms with Crippen LogP contribution in [0, 0.1) is 6.92 Å². The number of aromatic nitrogens is 2. The molecule has 1 heterocycles. The highest BCUT2D eigenvalue weighted by molar-refractivity contribution is 5.90. The van der Waals surface area contributed by atoms with Crippen molar-refractivity contribution >= 4 is 22.8 Å². The predicted octanol–water partition coefficient (Wildman–Crippen LogP) is 3.21. The average Bonchev–Trinajstić information content (AvgIpc) is 2.96. The number of rotatable bonds is 4. The van der Waals surface area contributed by atoms with E-state index in [1.807, 2.05) is 54.9 Å². The first-order valence-electron chi connectivity index (χ1n) is 7.67. The SMILES string of the molecule is COc1ccc2ncn(C)c2c1CNC(=O)Nc1ccc(C)cc1. The highest BCUT2D eigenvalue weighted by atomic mass is 16.5. The molecule has 3 aromatic rings. The van der Waals surface area contributed by atoms with Crippen LogP contribution in [0.25, 0.3) is 11.0 Å². The summed E-state index contributed by atoms with van der Waals surface area (Å²) in [6.07, 6.45) is 1.75. The molecule has 6 heteroatoms. The molecule has 2 N–H and O–H groups in total. The summed E-state index contributed by atoms with van der Waals surface area (Å²) in [4.78, 5) is 16.5. The number of anilines is 1. The maximum Gasteiger partial charge on any atom is 0.319 e. The summed E-state index contributed by atoms with van der Waals surface area (Å²) in [5.41, 5.74) is 4.62. The van der Waals surface area contributed by atoms with Crippen LogP contribution in [0.2, 0.25) is 0 Å². The summed E-state index contributed by atoms with van der Waals surface area (Å²) in [5, 5.41) is 5.69. The number of carbonyl (C=O) groups excluding carboxylic acids is 1. The number of nitrogens with one attached hydrogen (secondary N) is 2. The van der Waals surface area contributed by atoms with E-state index in [9.17, 15) is 4.79 Å². The van der Waals surface area contributed by atoms with E-state index >= 15 is 0 Å². The van der Waals surface area contributed by atoms with Crippen molar-refractivity contribution in [2.45, 2.75) is 13.5 Å². The van der Waals surface area contributed by atoms with Gasteiger partial charge in [0.1, 0.15) is 5.75 Å². The second kappa shape index (κ2) is 6.62. The normalized spacial score (nSPS) is 10.6. The zero-order chi connectivity index (χ0) is 17.1. The average molecular weight is 324 g/mol. The Morgan fingerprint density at radius 3 is 2.67 bits per heavy atom. The van der Waals surface area contributed by atoms with Crippen LogP contribution >= 0.6 is 0 Å². The third-order valence-corrected chi connectivity index (χ3v) is 3.90.